The molecule has 0 aliphatic carbocycles. The average molecular weight is 573 g/mol. The van der Waals surface area contributed by atoms with Gasteiger partial charge in [0, 0.05) is 30.2 Å². The number of halogens is 1. The van der Waals surface area contributed by atoms with E-state index in [4.69, 9.17) is 11.6 Å². The highest BCUT2D eigenvalue weighted by Gasteiger charge is 2.33. The largest absolute Gasteiger partial charge is 0.354 e. The van der Waals surface area contributed by atoms with Gasteiger partial charge in [-0.3, -0.25) is 24.0 Å². The van der Waals surface area contributed by atoms with Gasteiger partial charge in [0.15, 0.2) is 0 Å². The van der Waals surface area contributed by atoms with Crippen LogP contribution in [0, 0.1) is 10.1 Å². The third kappa shape index (κ3) is 7.55. The molecule has 3 rings (SSSR count). The standard InChI is InChI=1S/C27H29ClN4O6S/c1-3-15-29-27(34)20(2)30(18-21-9-7-10-22(28)16-21)26(33)19-31(23-11-8-12-24(17-23)32(35)36)39(37,38)25-13-5-4-6-14-25/h4-14,16-17,20H,3,15,18-19H2,1-2H3,(H,29,34). The summed E-state index contributed by atoms with van der Waals surface area (Å²) in [7, 11) is -4.32. The lowest BCUT2D eigenvalue weighted by Crippen LogP contribution is -2.51. The Morgan fingerprint density at radius 2 is 1.72 bits per heavy atom. The summed E-state index contributed by atoms with van der Waals surface area (Å²) in [6, 6.07) is 18.3. The van der Waals surface area contributed by atoms with Crippen molar-refractivity contribution in [2.24, 2.45) is 0 Å². The molecule has 12 heteroatoms. The zero-order valence-corrected chi connectivity index (χ0v) is 23.1. The second-order valence-corrected chi connectivity index (χ2v) is 11.0. The van der Waals surface area contributed by atoms with Gasteiger partial charge >= 0.3 is 0 Å². The maximum atomic E-state index is 13.8. The van der Waals surface area contributed by atoms with Crippen molar-refractivity contribution in [2.75, 3.05) is 17.4 Å². The maximum absolute atomic E-state index is 13.8. The van der Waals surface area contributed by atoms with E-state index in [-0.39, 0.29) is 22.8 Å². The lowest BCUT2D eigenvalue weighted by molar-refractivity contribution is -0.384. The van der Waals surface area contributed by atoms with E-state index in [1.165, 1.54) is 47.4 Å². The molecule has 0 spiro atoms. The maximum Gasteiger partial charge on any atom is 0.271 e. The highest BCUT2D eigenvalue weighted by atomic mass is 35.5. The number of nitro groups is 1. The number of nitrogens with one attached hydrogen (secondary N) is 1. The molecule has 0 radical (unpaired) electrons. The first-order valence-corrected chi connectivity index (χ1v) is 14.0. The highest BCUT2D eigenvalue weighted by Crippen LogP contribution is 2.27. The van der Waals surface area contributed by atoms with Gasteiger partial charge in [0.05, 0.1) is 15.5 Å². The zero-order chi connectivity index (χ0) is 28.6. The summed E-state index contributed by atoms with van der Waals surface area (Å²) in [6.07, 6.45) is 0.691. The van der Waals surface area contributed by atoms with Gasteiger partial charge in [-0.25, -0.2) is 8.42 Å². The number of hydrogen-bond acceptors (Lipinski definition) is 6. The van der Waals surface area contributed by atoms with Crippen LogP contribution >= 0.6 is 11.6 Å². The van der Waals surface area contributed by atoms with Crippen molar-refractivity contribution in [1.82, 2.24) is 10.2 Å². The van der Waals surface area contributed by atoms with E-state index < -0.39 is 39.3 Å². The molecule has 3 aromatic rings. The van der Waals surface area contributed by atoms with Gasteiger partial charge in [0.2, 0.25) is 11.8 Å². The summed E-state index contributed by atoms with van der Waals surface area (Å²) < 4.78 is 28.2. The van der Waals surface area contributed by atoms with Gasteiger partial charge in [0.25, 0.3) is 15.7 Å². The molecule has 0 aliphatic rings. The highest BCUT2D eigenvalue weighted by molar-refractivity contribution is 7.92. The summed E-state index contributed by atoms with van der Waals surface area (Å²) in [5.74, 6) is -1.08. The van der Waals surface area contributed by atoms with Crippen molar-refractivity contribution < 1.29 is 22.9 Å². The van der Waals surface area contributed by atoms with E-state index in [9.17, 15) is 28.1 Å². The van der Waals surface area contributed by atoms with Gasteiger partial charge in [-0.1, -0.05) is 54.9 Å². The van der Waals surface area contributed by atoms with Crippen LogP contribution in [0.15, 0.2) is 83.8 Å². The monoisotopic (exact) mass is 572 g/mol. The number of carbonyl (C=O) groups excluding carboxylic acids is 2. The molecule has 2 amide bonds. The number of carbonyl (C=O) groups is 2. The first kappa shape index (κ1) is 29.6. The molecule has 1 N–H and O–H groups in total. The number of benzene rings is 3. The van der Waals surface area contributed by atoms with Crippen molar-refractivity contribution in [3.05, 3.63) is 99.6 Å². The molecular formula is C27H29ClN4O6S. The lowest BCUT2D eigenvalue weighted by Gasteiger charge is -2.32. The number of nitro benzene ring substituents is 1. The molecule has 1 unspecified atom stereocenters. The molecule has 1 atom stereocenters. The van der Waals surface area contributed by atoms with Crippen molar-refractivity contribution in [3.63, 3.8) is 0 Å². The average Bonchev–Trinajstić information content (AvgIpc) is 2.93. The van der Waals surface area contributed by atoms with E-state index >= 15 is 0 Å². The number of anilines is 1. The number of rotatable bonds is 12. The molecule has 0 bridgehead atoms. The Labute approximate surface area is 232 Å². The van der Waals surface area contributed by atoms with Gasteiger partial charge < -0.3 is 10.2 Å². The third-order valence-electron chi connectivity index (χ3n) is 5.90. The molecule has 0 aromatic heterocycles. The fourth-order valence-corrected chi connectivity index (χ4v) is 5.46. The second-order valence-electron chi connectivity index (χ2n) is 8.72. The smallest absolute Gasteiger partial charge is 0.271 e. The number of sulfonamides is 1. The van der Waals surface area contributed by atoms with Crippen molar-refractivity contribution in [1.29, 1.82) is 0 Å². The van der Waals surface area contributed by atoms with E-state index in [2.05, 4.69) is 5.32 Å². The summed E-state index contributed by atoms with van der Waals surface area (Å²) in [5.41, 5.74) is 0.238. The summed E-state index contributed by atoms with van der Waals surface area (Å²) in [5, 5.41) is 14.6. The minimum absolute atomic E-state index is 0.0196. The van der Waals surface area contributed by atoms with Crippen LogP contribution in [0.25, 0.3) is 0 Å². The summed E-state index contributed by atoms with van der Waals surface area (Å²) in [6.45, 7) is 3.13. The molecule has 0 fully saturated rings. The zero-order valence-electron chi connectivity index (χ0n) is 21.5. The fourth-order valence-electron chi connectivity index (χ4n) is 3.82. The molecule has 0 heterocycles. The number of non-ortho nitro benzene ring substituents is 1. The normalized spacial score (nSPS) is 11.9. The Morgan fingerprint density at radius 3 is 2.36 bits per heavy atom. The molecule has 0 saturated carbocycles. The van der Waals surface area contributed by atoms with E-state index in [1.807, 2.05) is 6.92 Å². The molecular weight excluding hydrogens is 544 g/mol. The van der Waals surface area contributed by atoms with Gasteiger partial charge in [0.1, 0.15) is 12.6 Å². The molecule has 0 saturated heterocycles. The summed E-state index contributed by atoms with van der Waals surface area (Å²) >= 11 is 6.13. The molecule has 0 aliphatic heterocycles. The first-order valence-electron chi connectivity index (χ1n) is 12.2. The molecule has 206 valence electrons. The van der Waals surface area contributed by atoms with Crippen molar-refractivity contribution >= 4 is 44.8 Å². The van der Waals surface area contributed by atoms with Crippen molar-refractivity contribution in [2.45, 2.75) is 37.8 Å². The molecule has 10 nitrogen and oxygen atoms in total. The van der Waals surface area contributed by atoms with Crippen LogP contribution in [0.3, 0.4) is 0 Å². The predicted molar refractivity (Wildman–Crippen MR) is 149 cm³/mol. The Balaban J connectivity index is 2.05. The van der Waals surface area contributed by atoms with Crippen LogP contribution in [0.1, 0.15) is 25.8 Å². The van der Waals surface area contributed by atoms with E-state index in [1.54, 1.807) is 37.3 Å². The minimum atomic E-state index is -4.32. The number of amides is 2. The van der Waals surface area contributed by atoms with Crippen LogP contribution in [0.5, 0.6) is 0 Å². The number of nitrogens with zero attached hydrogens (tertiary/aromatic N) is 3. The third-order valence-corrected chi connectivity index (χ3v) is 7.92. The van der Waals surface area contributed by atoms with Crippen LogP contribution < -0.4 is 9.62 Å². The van der Waals surface area contributed by atoms with E-state index in [0.717, 1.165) is 10.4 Å². The Hall–Kier alpha value is -3.96. The Morgan fingerprint density at radius 1 is 1.03 bits per heavy atom. The first-order chi connectivity index (χ1) is 18.5. The second kappa shape index (κ2) is 13.2. The predicted octanol–water partition coefficient (Wildman–Crippen LogP) is 4.39. The van der Waals surface area contributed by atoms with Gasteiger partial charge in [-0.05, 0) is 49.2 Å². The molecule has 3 aromatic carbocycles. The topological polar surface area (TPSA) is 130 Å². The van der Waals surface area contributed by atoms with Crippen LogP contribution in [0.4, 0.5) is 11.4 Å². The molecule has 39 heavy (non-hydrogen) atoms. The van der Waals surface area contributed by atoms with Gasteiger partial charge in [-0.15, -0.1) is 0 Å². The number of hydrogen-bond donors (Lipinski definition) is 1. The van der Waals surface area contributed by atoms with Crippen LogP contribution in [-0.4, -0.2) is 49.2 Å². The van der Waals surface area contributed by atoms with E-state index in [0.29, 0.717) is 23.6 Å². The quantitative estimate of drug-likeness (QED) is 0.253. The van der Waals surface area contributed by atoms with Crippen molar-refractivity contribution in [3.8, 4) is 0 Å². The summed E-state index contributed by atoms with van der Waals surface area (Å²) in [4.78, 5) is 38.6. The van der Waals surface area contributed by atoms with Crippen LogP contribution in [0.2, 0.25) is 5.02 Å². The SMILES string of the molecule is CCCNC(=O)C(C)N(Cc1cccc(Cl)c1)C(=O)CN(c1cccc([N+](=O)[O-])c1)S(=O)(=O)c1ccccc1. The minimum Gasteiger partial charge on any atom is -0.354 e. The van der Waals surface area contributed by atoms with Gasteiger partial charge in [-0.2, -0.15) is 0 Å². The fraction of sp³-hybridized carbons (Fsp3) is 0.259. The Bertz CT molecular complexity index is 1430. The lowest BCUT2D eigenvalue weighted by atomic mass is 10.1. The Kier molecular flexibility index (Phi) is 10.0. The van der Waals surface area contributed by atoms with Crippen LogP contribution in [-0.2, 0) is 26.2 Å².